The number of hydrogen-bond acceptors (Lipinski definition) is 4. The molecule has 0 fully saturated rings. The summed E-state index contributed by atoms with van der Waals surface area (Å²) in [5, 5.41) is 23.5. The lowest BCUT2D eigenvalue weighted by atomic mass is 10.1. The van der Waals surface area contributed by atoms with E-state index in [9.17, 15) is 15.0 Å². The van der Waals surface area contributed by atoms with Crippen molar-refractivity contribution in [3.8, 4) is 17.1 Å². The van der Waals surface area contributed by atoms with Crippen molar-refractivity contribution >= 4 is 16.9 Å². The van der Waals surface area contributed by atoms with Crippen molar-refractivity contribution in [3.63, 3.8) is 0 Å². The number of fused-ring (bicyclic) bond motifs is 1. The summed E-state index contributed by atoms with van der Waals surface area (Å²) in [6.45, 7) is 1.84. The Morgan fingerprint density at radius 1 is 1.40 bits per heavy atom. The van der Waals surface area contributed by atoms with Gasteiger partial charge in [0.1, 0.15) is 11.3 Å². The Hall–Kier alpha value is -2.76. The summed E-state index contributed by atoms with van der Waals surface area (Å²) in [7, 11) is 1.80. The first-order chi connectivity index (χ1) is 9.52. The van der Waals surface area contributed by atoms with Crippen LogP contribution in [0, 0.1) is 6.92 Å². The van der Waals surface area contributed by atoms with Crippen LogP contribution in [-0.4, -0.2) is 25.9 Å². The number of benzene rings is 1. The highest BCUT2D eigenvalue weighted by molar-refractivity contribution is 6.04. The molecule has 2 aromatic heterocycles. The predicted molar refractivity (Wildman–Crippen MR) is 71.8 cm³/mol. The Balaban J connectivity index is 2.43. The first-order valence-corrected chi connectivity index (χ1v) is 5.97. The molecule has 0 saturated carbocycles. The number of para-hydroxylation sites is 1. The first kappa shape index (κ1) is 12.3. The van der Waals surface area contributed by atoms with Gasteiger partial charge in [-0.25, -0.2) is 4.79 Å². The summed E-state index contributed by atoms with van der Waals surface area (Å²) >= 11 is 0. The summed E-state index contributed by atoms with van der Waals surface area (Å²) in [4.78, 5) is 11.2. The molecular formula is C14H12N2O4. The number of carboxylic acid groups (broad SMARTS) is 1. The lowest BCUT2D eigenvalue weighted by Gasteiger charge is -2.00. The van der Waals surface area contributed by atoms with Gasteiger partial charge < -0.3 is 19.3 Å². The van der Waals surface area contributed by atoms with Crippen LogP contribution in [0.5, 0.6) is 5.75 Å². The van der Waals surface area contributed by atoms with Crippen molar-refractivity contribution in [2.75, 3.05) is 0 Å². The number of hydrogen-bond donors (Lipinski definition) is 2. The minimum absolute atomic E-state index is 0.00365. The molecule has 3 aromatic rings. The number of carbonyl (C=O) groups is 1. The van der Waals surface area contributed by atoms with Crippen molar-refractivity contribution in [2.24, 2.45) is 7.05 Å². The van der Waals surface area contributed by atoms with E-state index in [1.54, 1.807) is 23.7 Å². The van der Waals surface area contributed by atoms with Crippen LogP contribution < -0.4 is 0 Å². The highest BCUT2D eigenvalue weighted by Gasteiger charge is 2.24. The Kier molecular flexibility index (Phi) is 2.53. The van der Waals surface area contributed by atoms with Gasteiger partial charge in [0.05, 0.1) is 11.7 Å². The number of rotatable bonds is 2. The Morgan fingerprint density at radius 2 is 2.15 bits per heavy atom. The predicted octanol–water partition coefficient (Wildman–Crippen LogP) is 2.55. The van der Waals surface area contributed by atoms with Crippen LogP contribution in [0.3, 0.4) is 0 Å². The molecule has 0 unspecified atom stereocenters. The molecule has 0 amide bonds. The maximum Gasteiger partial charge on any atom is 0.341 e. The van der Waals surface area contributed by atoms with Crippen LogP contribution in [-0.2, 0) is 7.05 Å². The minimum Gasteiger partial charge on any atom is -0.506 e. The van der Waals surface area contributed by atoms with Gasteiger partial charge in [0, 0.05) is 23.7 Å². The number of aromatic carboxylic acids is 1. The average Bonchev–Trinajstić information content (AvgIpc) is 2.95. The molecule has 0 saturated heterocycles. The zero-order valence-corrected chi connectivity index (χ0v) is 10.9. The van der Waals surface area contributed by atoms with E-state index in [0.717, 1.165) is 11.1 Å². The highest BCUT2D eigenvalue weighted by Crippen LogP contribution is 2.38. The number of carboxylic acids is 1. The first-order valence-electron chi connectivity index (χ1n) is 5.97. The number of aromatic hydroxyl groups is 1. The van der Waals surface area contributed by atoms with Gasteiger partial charge in [0.2, 0.25) is 0 Å². The third-order valence-corrected chi connectivity index (χ3v) is 3.51. The van der Waals surface area contributed by atoms with Crippen LogP contribution in [0.1, 0.15) is 16.1 Å². The van der Waals surface area contributed by atoms with Gasteiger partial charge in [-0.3, -0.25) is 0 Å². The fourth-order valence-corrected chi connectivity index (χ4v) is 2.47. The molecule has 0 atom stereocenters. The average molecular weight is 272 g/mol. The van der Waals surface area contributed by atoms with Gasteiger partial charge in [-0.05, 0) is 13.0 Å². The van der Waals surface area contributed by atoms with Crippen molar-refractivity contribution < 1.29 is 19.5 Å². The van der Waals surface area contributed by atoms with Crippen LogP contribution in [0.4, 0.5) is 0 Å². The SMILES string of the molecule is Cc1c(-c2oncc2C(=O)O)c2cccc(O)c2n1C. The molecule has 6 heteroatoms. The number of phenolic OH excluding ortho intramolecular Hbond substituents is 1. The maximum atomic E-state index is 11.2. The topological polar surface area (TPSA) is 88.5 Å². The normalized spacial score (nSPS) is 11.1. The summed E-state index contributed by atoms with van der Waals surface area (Å²) in [5.41, 5.74) is 2.06. The standard InChI is InChI=1S/C14H12N2O4/c1-7-11(13-9(14(18)19)6-15-20-13)8-4-3-5-10(17)12(8)16(7)2/h3-6,17H,1-2H3,(H,18,19). The lowest BCUT2D eigenvalue weighted by molar-refractivity contribution is 0.0697. The molecule has 2 N–H and O–H groups in total. The molecule has 0 spiro atoms. The molecule has 1 aromatic carbocycles. The smallest absolute Gasteiger partial charge is 0.341 e. The minimum atomic E-state index is -1.10. The Labute approximate surface area is 113 Å². The van der Waals surface area contributed by atoms with Gasteiger partial charge >= 0.3 is 5.97 Å². The zero-order chi connectivity index (χ0) is 14.4. The molecular weight excluding hydrogens is 260 g/mol. The molecule has 0 radical (unpaired) electrons. The van der Waals surface area contributed by atoms with E-state index in [1.165, 1.54) is 6.20 Å². The number of aromatic nitrogens is 2. The molecule has 6 nitrogen and oxygen atoms in total. The third-order valence-electron chi connectivity index (χ3n) is 3.51. The third kappa shape index (κ3) is 1.51. The monoisotopic (exact) mass is 272 g/mol. The number of nitrogens with zero attached hydrogens (tertiary/aromatic N) is 2. The largest absolute Gasteiger partial charge is 0.506 e. The van der Waals surface area contributed by atoms with E-state index in [1.807, 2.05) is 13.0 Å². The molecule has 20 heavy (non-hydrogen) atoms. The number of phenols is 1. The van der Waals surface area contributed by atoms with Crippen LogP contribution in [0.15, 0.2) is 28.9 Å². The van der Waals surface area contributed by atoms with Crippen molar-refractivity contribution in [1.82, 2.24) is 9.72 Å². The van der Waals surface area contributed by atoms with E-state index in [4.69, 9.17) is 4.52 Å². The van der Waals surface area contributed by atoms with E-state index >= 15 is 0 Å². The second-order valence-electron chi connectivity index (χ2n) is 4.57. The van der Waals surface area contributed by atoms with Crippen LogP contribution in [0.25, 0.3) is 22.2 Å². The second kappa shape index (κ2) is 4.12. The summed E-state index contributed by atoms with van der Waals surface area (Å²) in [5.74, 6) is -0.764. The van der Waals surface area contributed by atoms with E-state index < -0.39 is 5.97 Å². The quantitative estimate of drug-likeness (QED) is 0.748. The van der Waals surface area contributed by atoms with E-state index in [0.29, 0.717) is 11.1 Å². The van der Waals surface area contributed by atoms with Gasteiger partial charge in [-0.1, -0.05) is 17.3 Å². The molecule has 0 aliphatic rings. The van der Waals surface area contributed by atoms with Crippen molar-refractivity contribution in [1.29, 1.82) is 0 Å². The fraction of sp³-hybridized carbons (Fsp3) is 0.143. The summed E-state index contributed by atoms with van der Waals surface area (Å²) in [6, 6.07) is 5.10. The van der Waals surface area contributed by atoms with Gasteiger partial charge in [0.25, 0.3) is 0 Å². The van der Waals surface area contributed by atoms with Crippen LogP contribution >= 0.6 is 0 Å². The molecule has 0 aliphatic heterocycles. The molecule has 2 heterocycles. The lowest BCUT2D eigenvalue weighted by Crippen LogP contribution is -1.97. The number of aryl methyl sites for hydroxylation is 1. The molecule has 0 aliphatic carbocycles. The van der Waals surface area contributed by atoms with E-state index in [-0.39, 0.29) is 17.1 Å². The summed E-state index contributed by atoms with van der Waals surface area (Å²) in [6.07, 6.45) is 1.18. The highest BCUT2D eigenvalue weighted by atomic mass is 16.5. The maximum absolute atomic E-state index is 11.2. The van der Waals surface area contributed by atoms with Gasteiger partial charge in [0.15, 0.2) is 5.76 Å². The zero-order valence-electron chi connectivity index (χ0n) is 10.9. The fourth-order valence-electron chi connectivity index (χ4n) is 2.47. The van der Waals surface area contributed by atoms with Gasteiger partial charge in [-0.15, -0.1) is 0 Å². The Bertz CT molecular complexity index is 829. The summed E-state index contributed by atoms with van der Waals surface area (Å²) < 4.78 is 6.93. The van der Waals surface area contributed by atoms with Gasteiger partial charge in [-0.2, -0.15) is 0 Å². The molecule has 0 bridgehead atoms. The van der Waals surface area contributed by atoms with Crippen molar-refractivity contribution in [2.45, 2.75) is 6.92 Å². The van der Waals surface area contributed by atoms with Crippen LogP contribution in [0.2, 0.25) is 0 Å². The molecule has 3 rings (SSSR count). The van der Waals surface area contributed by atoms with E-state index in [2.05, 4.69) is 5.16 Å². The van der Waals surface area contributed by atoms with Crippen molar-refractivity contribution in [3.05, 3.63) is 35.7 Å². The Morgan fingerprint density at radius 3 is 2.85 bits per heavy atom. The second-order valence-corrected chi connectivity index (χ2v) is 4.57. The molecule has 102 valence electrons.